The number of carboxylic acid groups (broad SMARTS) is 1. The Morgan fingerprint density at radius 2 is 1.88 bits per heavy atom. The van der Waals surface area contributed by atoms with Gasteiger partial charge in [0.15, 0.2) is 0 Å². The Balaban J connectivity index is 0.000000821. The minimum atomic E-state index is -0.250. The summed E-state index contributed by atoms with van der Waals surface area (Å²) < 4.78 is 5.03. The molecule has 3 N–H and O–H groups in total. The lowest BCUT2D eigenvalue weighted by Crippen LogP contribution is -2.40. The Labute approximate surface area is 189 Å². The number of hydrogen-bond acceptors (Lipinski definition) is 6. The minimum Gasteiger partial charge on any atom is -0.483 e. The van der Waals surface area contributed by atoms with Crippen LogP contribution in [0.25, 0.3) is 22.2 Å². The number of anilines is 1. The van der Waals surface area contributed by atoms with E-state index >= 15 is 0 Å². The predicted molar refractivity (Wildman–Crippen MR) is 122 cm³/mol. The van der Waals surface area contributed by atoms with Crippen molar-refractivity contribution < 1.29 is 19.4 Å². The van der Waals surface area contributed by atoms with E-state index in [0.29, 0.717) is 12.6 Å². The first-order valence-electron chi connectivity index (χ1n) is 10.1. The van der Waals surface area contributed by atoms with Crippen molar-refractivity contribution in [3.8, 4) is 17.3 Å². The standard InChI is InChI=1S/C22H20N6O2.CH2O2/c1-13(14-6-4-3-5-7-14)28-12-15-8-17-19(9-18(15)25-22(28)29)26-27-20(17)16-10-23-21(30-2)24-11-16;2-1-3/h3-11,13H,12H2,1-2H3,(H,25,29)(H,26,27);1H,(H,2,3). The number of fused-ring (bicyclic) bond motifs is 2. The van der Waals surface area contributed by atoms with Crippen molar-refractivity contribution in [1.29, 1.82) is 0 Å². The van der Waals surface area contributed by atoms with E-state index in [2.05, 4.69) is 31.5 Å². The first-order valence-corrected chi connectivity index (χ1v) is 10.1. The summed E-state index contributed by atoms with van der Waals surface area (Å²) in [6, 6.07) is 14.2. The maximum atomic E-state index is 12.8. The first-order chi connectivity index (χ1) is 16.0. The van der Waals surface area contributed by atoms with E-state index in [1.54, 1.807) is 12.4 Å². The zero-order valence-corrected chi connectivity index (χ0v) is 18.0. The second-order valence-corrected chi connectivity index (χ2v) is 7.34. The number of methoxy groups -OCH3 is 1. The highest BCUT2D eigenvalue weighted by Crippen LogP contribution is 2.35. The van der Waals surface area contributed by atoms with Crippen molar-refractivity contribution in [2.24, 2.45) is 0 Å². The summed E-state index contributed by atoms with van der Waals surface area (Å²) >= 11 is 0. The average molecular weight is 446 g/mol. The molecule has 2 aromatic carbocycles. The number of carbonyl (C=O) groups is 2. The van der Waals surface area contributed by atoms with Crippen LogP contribution in [0.5, 0.6) is 6.01 Å². The number of ether oxygens (including phenoxy) is 1. The summed E-state index contributed by atoms with van der Waals surface area (Å²) in [5.41, 5.74) is 5.31. The van der Waals surface area contributed by atoms with Crippen molar-refractivity contribution in [2.45, 2.75) is 19.5 Å². The molecule has 10 heteroatoms. The van der Waals surface area contributed by atoms with Gasteiger partial charge < -0.3 is 20.1 Å². The van der Waals surface area contributed by atoms with Gasteiger partial charge in [0, 0.05) is 29.0 Å². The van der Waals surface area contributed by atoms with Gasteiger partial charge in [-0.05, 0) is 30.2 Å². The van der Waals surface area contributed by atoms with E-state index in [9.17, 15) is 4.79 Å². The number of rotatable bonds is 4. The van der Waals surface area contributed by atoms with Crippen LogP contribution in [0.2, 0.25) is 0 Å². The number of hydrogen-bond donors (Lipinski definition) is 3. The summed E-state index contributed by atoms with van der Waals surface area (Å²) in [7, 11) is 1.53. The number of nitrogens with zero attached hydrogens (tertiary/aromatic N) is 4. The molecule has 2 aromatic heterocycles. The van der Waals surface area contributed by atoms with Crippen LogP contribution in [0.15, 0.2) is 54.9 Å². The lowest BCUT2D eigenvalue weighted by atomic mass is 10.0. The molecular formula is C23H22N6O4. The van der Waals surface area contributed by atoms with Gasteiger partial charge in [-0.1, -0.05) is 30.3 Å². The van der Waals surface area contributed by atoms with Gasteiger partial charge in [0.25, 0.3) is 6.47 Å². The number of carbonyl (C=O) groups excluding carboxylic acids is 1. The molecule has 0 fully saturated rings. The SMILES string of the molecule is COc1ncc(-c2n[nH]c3cc4c(cc23)CN(C(C)c2ccccc2)C(=O)N4)cn1.O=CO. The minimum absolute atomic E-state index is 0.0474. The third-order valence-corrected chi connectivity index (χ3v) is 5.46. The molecule has 0 spiro atoms. The molecule has 10 nitrogen and oxygen atoms in total. The molecule has 4 aromatic rings. The lowest BCUT2D eigenvalue weighted by molar-refractivity contribution is -0.122. The van der Waals surface area contributed by atoms with Gasteiger partial charge in [-0.25, -0.2) is 14.8 Å². The van der Waals surface area contributed by atoms with Gasteiger partial charge in [0.05, 0.1) is 25.2 Å². The van der Waals surface area contributed by atoms with E-state index in [1.165, 1.54) is 7.11 Å². The number of benzene rings is 2. The summed E-state index contributed by atoms with van der Waals surface area (Å²) in [6.45, 7) is 2.30. The van der Waals surface area contributed by atoms with Gasteiger partial charge in [0.2, 0.25) is 0 Å². The van der Waals surface area contributed by atoms with Crippen LogP contribution in [0.4, 0.5) is 10.5 Å². The molecule has 1 unspecified atom stereocenters. The molecule has 1 aliphatic heterocycles. The van der Waals surface area contributed by atoms with E-state index in [4.69, 9.17) is 14.6 Å². The summed E-state index contributed by atoms with van der Waals surface area (Å²) in [6.07, 6.45) is 3.37. The second-order valence-electron chi connectivity index (χ2n) is 7.34. The number of H-pyrrole nitrogens is 1. The third-order valence-electron chi connectivity index (χ3n) is 5.46. The molecule has 168 valence electrons. The van der Waals surface area contributed by atoms with E-state index < -0.39 is 0 Å². The van der Waals surface area contributed by atoms with Crippen molar-refractivity contribution in [1.82, 2.24) is 25.1 Å². The van der Waals surface area contributed by atoms with Crippen LogP contribution in [-0.4, -0.2) is 49.8 Å². The number of aromatic amines is 1. The zero-order chi connectivity index (χ0) is 23.4. The summed E-state index contributed by atoms with van der Waals surface area (Å²) in [5.74, 6) is 0. The summed E-state index contributed by atoms with van der Waals surface area (Å²) in [5, 5.41) is 18.3. The van der Waals surface area contributed by atoms with Gasteiger partial charge in [0.1, 0.15) is 5.69 Å². The Bertz CT molecular complexity index is 1270. The van der Waals surface area contributed by atoms with Crippen molar-refractivity contribution >= 4 is 29.1 Å². The molecule has 2 amide bonds. The number of nitrogens with one attached hydrogen (secondary N) is 2. The van der Waals surface area contributed by atoms with E-state index in [1.807, 2.05) is 48.2 Å². The Morgan fingerprint density at radius 3 is 2.55 bits per heavy atom. The first kappa shape index (κ1) is 21.8. The molecule has 1 aliphatic rings. The molecule has 0 saturated heterocycles. The number of aromatic nitrogens is 4. The lowest BCUT2D eigenvalue weighted by Gasteiger charge is -2.34. The monoisotopic (exact) mass is 446 g/mol. The molecule has 1 atom stereocenters. The van der Waals surface area contributed by atoms with Gasteiger partial charge in [-0.15, -0.1) is 0 Å². The smallest absolute Gasteiger partial charge is 0.322 e. The highest BCUT2D eigenvalue weighted by Gasteiger charge is 2.28. The van der Waals surface area contributed by atoms with Crippen LogP contribution in [0.3, 0.4) is 0 Å². The molecule has 5 rings (SSSR count). The van der Waals surface area contributed by atoms with E-state index in [0.717, 1.165) is 39.0 Å². The number of amides is 2. The Hall–Kier alpha value is -4.47. The van der Waals surface area contributed by atoms with Crippen molar-refractivity contribution in [3.63, 3.8) is 0 Å². The fourth-order valence-electron chi connectivity index (χ4n) is 3.79. The Morgan fingerprint density at radius 1 is 1.18 bits per heavy atom. The summed E-state index contributed by atoms with van der Waals surface area (Å²) in [4.78, 5) is 31.3. The molecule has 3 heterocycles. The van der Waals surface area contributed by atoms with Crippen LogP contribution in [0, 0.1) is 0 Å². The van der Waals surface area contributed by atoms with Crippen molar-refractivity contribution in [2.75, 3.05) is 12.4 Å². The third kappa shape index (κ3) is 4.31. The molecular weight excluding hydrogens is 424 g/mol. The van der Waals surface area contributed by atoms with Crippen LogP contribution in [0.1, 0.15) is 24.1 Å². The molecule has 33 heavy (non-hydrogen) atoms. The highest BCUT2D eigenvalue weighted by atomic mass is 16.5. The van der Waals surface area contributed by atoms with Crippen molar-refractivity contribution in [3.05, 3.63) is 66.0 Å². The van der Waals surface area contributed by atoms with Gasteiger partial charge in [-0.3, -0.25) is 9.89 Å². The normalized spacial score (nSPS) is 13.4. The van der Waals surface area contributed by atoms with Gasteiger partial charge in [-0.2, -0.15) is 5.10 Å². The fourth-order valence-corrected chi connectivity index (χ4v) is 3.79. The Kier molecular flexibility index (Phi) is 6.16. The van der Waals surface area contributed by atoms with Crippen LogP contribution >= 0.6 is 0 Å². The maximum absolute atomic E-state index is 12.8. The zero-order valence-electron chi connectivity index (χ0n) is 18.0. The van der Waals surface area contributed by atoms with Gasteiger partial charge >= 0.3 is 12.0 Å². The van der Waals surface area contributed by atoms with E-state index in [-0.39, 0.29) is 18.5 Å². The highest BCUT2D eigenvalue weighted by molar-refractivity contribution is 6.00. The molecule has 0 bridgehead atoms. The topological polar surface area (TPSA) is 133 Å². The fraction of sp³-hybridized carbons (Fsp3) is 0.174. The number of urea groups is 1. The maximum Gasteiger partial charge on any atom is 0.322 e. The molecule has 0 aliphatic carbocycles. The predicted octanol–water partition coefficient (Wildman–Crippen LogP) is 3.84. The molecule has 0 saturated carbocycles. The quantitative estimate of drug-likeness (QED) is 0.406. The van der Waals surface area contributed by atoms with Crippen LogP contribution < -0.4 is 10.1 Å². The second kappa shape index (κ2) is 9.35. The average Bonchev–Trinajstić information content (AvgIpc) is 3.25. The largest absolute Gasteiger partial charge is 0.483 e. The molecule has 0 radical (unpaired) electrons. The van der Waals surface area contributed by atoms with Crippen LogP contribution in [-0.2, 0) is 11.3 Å².